The molecule has 0 amide bonds. The standard InChI is InChI=1S/C9H7Br2ClO2/c1-14-9-5(11)2-3-6(12)8(9)7(13)4-10/h2-3H,4H2,1H3. The van der Waals surface area contributed by atoms with Gasteiger partial charge in [0.1, 0.15) is 5.75 Å². The fourth-order valence-electron chi connectivity index (χ4n) is 1.06. The van der Waals surface area contributed by atoms with Crippen LogP contribution in [0, 0.1) is 0 Å². The molecule has 0 fully saturated rings. The molecule has 0 heterocycles. The van der Waals surface area contributed by atoms with Gasteiger partial charge in [-0.25, -0.2) is 0 Å². The maximum atomic E-state index is 11.5. The van der Waals surface area contributed by atoms with Crippen LogP contribution >= 0.6 is 43.5 Å². The van der Waals surface area contributed by atoms with Crippen LogP contribution in [0.5, 0.6) is 5.75 Å². The highest BCUT2D eigenvalue weighted by atomic mass is 79.9. The van der Waals surface area contributed by atoms with Crippen molar-refractivity contribution >= 4 is 49.2 Å². The molecule has 1 aromatic rings. The van der Waals surface area contributed by atoms with Gasteiger partial charge < -0.3 is 4.74 Å². The third-order valence-electron chi connectivity index (χ3n) is 1.66. The Kier molecular flexibility index (Phi) is 4.41. The van der Waals surface area contributed by atoms with Crippen LogP contribution in [0.3, 0.4) is 0 Å². The fourth-order valence-corrected chi connectivity index (χ4v) is 2.09. The van der Waals surface area contributed by atoms with Crippen molar-refractivity contribution in [2.45, 2.75) is 0 Å². The minimum absolute atomic E-state index is 0.104. The Labute approximate surface area is 104 Å². The molecule has 0 N–H and O–H groups in total. The third-order valence-corrected chi connectivity index (χ3v) is 3.11. The van der Waals surface area contributed by atoms with E-state index in [1.165, 1.54) is 7.11 Å². The van der Waals surface area contributed by atoms with E-state index in [0.717, 1.165) is 0 Å². The van der Waals surface area contributed by atoms with Crippen LogP contribution in [-0.4, -0.2) is 18.2 Å². The van der Waals surface area contributed by atoms with E-state index in [0.29, 0.717) is 20.8 Å². The first-order valence-corrected chi connectivity index (χ1v) is 6.02. The molecule has 14 heavy (non-hydrogen) atoms. The van der Waals surface area contributed by atoms with E-state index in [4.69, 9.17) is 16.3 Å². The summed E-state index contributed by atoms with van der Waals surface area (Å²) >= 11 is 12.3. The highest BCUT2D eigenvalue weighted by Gasteiger charge is 2.17. The summed E-state index contributed by atoms with van der Waals surface area (Å²) in [7, 11) is 1.50. The van der Waals surface area contributed by atoms with Gasteiger partial charge in [-0.2, -0.15) is 0 Å². The van der Waals surface area contributed by atoms with Crippen LogP contribution < -0.4 is 4.74 Å². The van der Waals surface area contributed by atoms with Gasteiger partial charge in [-0.3, -0.25) is 4.79 Å². The number of carbonyl (C=O) groups is 1. The van der Waals surface area contributed by atoms with Gasteiger partial charge in [0.05, 0.1) is 27.5 Å². The molecule has 0 bridgehead atoms. The predicted molar refractivity (Wildman–Crippen MR) is 63.8 cm³/mol. The van der Waals surface area contributed by atoms with Gasteiger partial charge in [-0.05, 0) is 28.1 Å². The number of hydrogen-bond acceptors (Lipinski definition) is 2. The molecule has 2 nitrogen and oxygen atoms in total. The quantitative estimate of drug-likeness (QED) is 0.619. The fraction of sp³-hybridized carbons (Fsp3) is 0.222. The van der Waals surface area contributed by atoms with Crippen molar-refractivity contribution in [2.24, 2.45) is 0 Å². The lowest BCUT2D eigenvalue weighted by Crippen LogP contribution is -2.04. The van der Waals surface area contributed by atoms with Crippen molar-refractivity contribution in [1.82, 2.24) is 0 Å². The van der Waals surface area contributed by atoms with E-state index >= 15 is 0 Å². The Morgan fingerprint density at radius 1 is 1.57 bits per heavy atom. The first-order valence-electron chi connectivity index (χ1n) is 3.73. The van der Waals surface area contributed by atoms with Crippen LogP contribution in [0.2, 0.25) is 5.02 Å². The molecule has 1 rings (SSSR count). The van der Waals surface area contributed by atoms with Crippen molar-refractivity contribution in [3.05, 3.63) is 27.2 Å². The van der Waals surface area contributed by atoms with Crippen LogP contribution in [0.15, 0.2) is 16.6 Å². The van der Waals surface area contributed by atoms with E-state index in [1.807, 2.05) is 0 Å². The number of halogens is 3. The third kappa shape index (κ3) is 2.30. The van der Waals surface area contributed by atoms with Crippen molar-refractivity contribution < 1.29 is 9.53 Å². The summed E-state index contributed by atoms with van der Waals surface area (Å²) in [6.45, 7) is 0. The lowest BCUT2D eigenvalue weighted by molar-refractivity contribution is 0.102. The van der Waals surface area contributed by atoms with Crippen molar-refractivity contribution in [1.29, 1.82) is 0 Å². The van der Waals surface area contributed by atoms with Crippen LogP contribution in [0.4, 0.5) is 0 Å². The molecule has 1 aromatic carbocycles. The van der Waals surface area contributed by atoms with Crippen molar-refractivity contribution in [3.63, 3.8) is 0 Å². The summed E-state index contributed by atoms with van der Waals surface area (Å²) in [4.78, 5) is 11.5. The van der Waals surface area contributed by atoms with Crippen LogP contribution in [0.1, 0.15) is 10.4 Å². The summed E-state index contributed by atoms with van der Waals surface area (Å²) in [6, 6.07) is 3.40. The van der Waals surface area contributed by atoms with Crippen molar-refractivity contribution in [3.8, 4) is 5.75 Å². The first-order chi connectivity index (χ1) is 6.61. The second-order valence-corrected chi connectivity index (χ2v) is 4.32. The highest BCUT2D eigenvalue weighted by Crippen LogP contribution is 2.34. The molecule has 5 heteroatoms. The molecule has 0 aromatic heterocycles. The maximum Gasteiger partial charge on any atom is 0.178 e. The number of hydrogen-bond donors (Lipinski definition) is 0. The summed E-state index contributed by atoms with van der Waals surface area (Å²) in [5.41, 5.74) is 0.403. The summed E-state index contributed by atoms with van der Waals surface area (Å²) in [5, 5.41) is 0.619. The molecule has 0 saturated carbocycles. The number of carbonyl (C=O) groups excluding carboxylic acids is 1. The summed E-state index contributed by atoms with van der Waals surface area (Å²) in [6.07, 6.45) is 0. The second-order valence-electron chi connectivity index (χ2n) is 2.49. The molecule has 0 saturated heterocycles. The van der Waals surface area contributed by atoms with E-state index in [-0.39, 0.29) is 11.1 Å². The average molecular weight is 342 g/mol. The normalized spacial score (nSPS) is 10.0. The largest absolute Gasteiger partial charge is 0.495 e. The number of methoxy groups -OCH3 is 1. The smallest absolute Gasteiger partial charge is 0.178 e. The highest BCUT2D eigenvalue weighted by molar-refractivity contribution is 9.10. The molecule has 0 atom stereocenters. The van der Waals surface area contributed by atoms with Crippen LogP contribution in [-0.2, 0) is 0 Å². The Hall–Kier alpha value is -0.0600. The predicted octanol–water partition coefficient (Wildman–Crippen LogP) is 3.69. The van der Waals surface area contributed by atoms with E-state index in [2.05, 4.69) is 31.9 Å². The van der Waals surface area contributed by atoms with Gasteiger partial charge in [-0.1, -0.05) is 27.5 Å². The molecule has 0 unspecified atom stereocenters. The molecular weight excluding hydrogens is 335 g/mol. The number of rotatable bonds is 3. The molecule has 0 aliphatic rings. The number of alkyl halides is 1. The average Bonchev–Trinajstić information content (AvgIpc) is 2.19. The minimum atomic E-state index is -0.104. The zero-order chi connectivity index (χ0) is 10.7. The number of Topliss-reactive ketones (excluding diaryl/α,β-unsaturated/α-hetero) is 1. The number of ketones is 1. The molecule has 76 valence electrons. The molecule has 0 aliphatic heterocycles. The van der Waals surface area contributed by atoms with Gasteiger partial charge in [0.2, 0.25) is 0 Å². The molecule has 0 radical (unpaired) electrons. The van der Waals surface area contributed by atoms with Gasteiger partial charge in [0.15, 0.2) is 5.78 Å². The summed E-state index contributed by atoms with van der Waals surface area (Å²) < 4.78 is 5.82. The monoisotopic (exact) mass is 340 g/mol. The molecule has 0 aliphatic carbocycles. The van der Waals surface area contributed by atoms with E-state index in [9.17, 15) is 4.79 Å². The van der Waals surface area contributed by atoms with E-state index in [1.54, 1.807) is 12.1 Å². The Bertz CT molecular complexity index is 366. The van der Waals surface area contributed by atoms with Gasteiger partial charge in [0, 0.05) is 0 Å². The van der Waals surface area contributed by atoms with Gasteiger partial charge >= 0.3 is 0 Å². The maximum absolute atomic E-state index is 11.5. The van der Waals surface area contributed by atoms with E-state index < -0.39 is 0 Å². The Balaban J connectivity index is 3.37. The van der Waals surface area contributed by atoms with Gasteiger partial charge in [-0.15, -0.1) is 0 Å². The zero-order valence-corrected chi connectivity index (χ0v) is 11.2. The Morgan fingerprint density at radius 2 is 2.21 bits per heavy atom. The number of ether oxygens (including phenoxy) is 1. The minimum Gasteiger partial charge on any atom is -0.495 e. The lowest BCUT2D eigenvalue weighted by atomic mass is 10.1. The number of benzene rings is 1. The van der Waals surface area contributed by atoms with Crippen LogP contribution in [0.25, 0.3) is 0 Å². The lowest BCUT2D eigenvalue weighted by Gasteiger charge is -2.09. The van der Waals surface area contributed by atoms with Gasteiger partial charge in [0.25, 0.3) is 0 Å². The first kappa shape index (κ1) is 12.0. The topological polar surface area (TPSA) is 26.3 Å². The van der Waals surface area contributed by atoms with Crippen molar-refractivity contribution in [2.75, 3.05) is 12.4 Å². The summed E-state index contributed by atoms with van der Waals surface area (Å²) in [5.74, 6) is 0.370. The second kappa shape index (κ2) is 5.14. The SMILES string of the molecule is COc1c(Br)ccc(Cl)c1C(=O)CBr. The zero-order valence-electron chi connectivity index (χ0n) is 7.31. The molecule has 0 spiro atoms. The Morgan fingerprint density at radius 3 is 2.71 bits per heavy atom. The molecular formula is C9H7Br2ClO2.